The van der Waals surface area contributed by atoms with Crippen LogP contribution in [-0.2, 0) is 15.5 Å². The second kappa shape index (κ2) is 7.58. The number of ether oxygens (including phenoxy) is 1. The average Bonchev–Trinajstić information content (AvgIpc) is 2.29. The second-order valence-corrected chi connectivity index (χ2v) is 5.74. The van der Waals surface area contributed by atoms with E-state index < -0.39 is 10.8 Å². The third-order valence-electron chi connectivity index (χ3n) is 2.67. The first-order valence-corrected chi connectivity index (χ1v) is 7.29. The van der Waals surface area contributed by atoms with E-state index in [1.165, 1.54) is 0 Å². The molecule has 4 heteroatoms. The van der Waals surface area contributed by atoms with Crippen molar-refractivity contribution < 1.29 is 8.95 Å². The Morgan fingerprint density at radius 1 is 1.41 bits per heavy atom. The monoisotopic (exact) mass is 255 g/mol. The zero-order chi connectivity index (χ0) is 12.7. The number of hydrogen-bond donors (Lipinski definition) is 1. The van der Waals surface area contributed by atoms with Crippen molar-refractivity contribution >= 4 is 10.8 Å². The highest BCUT2D eigenvalue weighted by atomic mass is 32.2. The van der Waals surface area contributed by atoms with Crippen LogP contribution in [0, 0.1) is 6.92 Å². The van der Waals surface area contributed by atoms with Crippen LogP contribution in [-0.4, -0.2) is 29.4 Å². The first kappa shape index (κ1) is 14.4. The Balaban J connectivity index is 2.46. The van der Waals surface area contributed by atoms with Gasteiger partial charge in [0.15, 0.2) is 0 Å². The lowest BCUT2D eigenvalue weighted by Crippen LogP contribution is -2.20. The molecule has 1 aromatic carbocycles. The molecule has 2 unspecified atom stereocenters. The number of benzene rings is 1. The summed E-state index contributed by atoms with van der Waals surface area (Å²) in [6, 6.07) is 7.85. The lowest BCUT2D eigenvalue weighted by Gasteiger charge is -2.14. The van der Waals surface area contributed by atoms with Gasteiger partial charge in [0.1, 0.15) is 0 Å². The first-order valence-electron chi connectivity index (χ1n) is 5.80. The molecule has 2 atom stereocenters. The van der Waals surface area contributed by atoms with E-state index in [-0.39, 0.29) is 6.04 Å². The fourth-order valence-electron chi connectivity index (χ4n) is 1.74. The van der Waals surface area contributed by atoms with E-state index in [0.717, 1.165) is 17.5 Å². The van der Waals surface area contributed by atoms with Gasteiger partial charge in [0, 0.05) is 42.1 Å². The van der Waals surface area contributed by atoms with E-state index in [1.54, 1.807) is 7.11 Å². The van der Waals surface area contributed by atoms with Crippen LogP contribution in [0.1, 0.15) is 23.6 Å². The molecule has 1 rings (SSSR count). The van der Waals surface area contributed by atoms with Gasteiger partial charge in [0.05, 0.1) is 0 Å². The lowest BCUT2D eigenvalue weighted by molar-refractivity contribution is 0.200. The molecular weight excluding hydrogens is 234 g/mol. The van der Waals surface area contributed by atoms with Crippen LogP contribution in [0.3, 0.4) is 0 Å². The van der Waals surface area contributed by atoms with Gasteiger partial charge in [-0.15, -0.1) is 0 Å². The van der Waals surface area contributed by atoms with Crippen LogP contribution in [0.2, 0.25) is 0 Å². The van der Waals surface area contributed by atoms with Crippen molar-refractivity contribution in [3.05, 3.63) is 35.4 Å². The Hall–Kier alpha value is -0.710. The van der Waals surface area contributed by atoms with Crippen LogP contribution >= 0.6 is 0 Å². The Morgan fingerprint density at radius 2 is 2.12 bits per heavy atom. The Bertz CT molecular complexity index is 368. The predicted molar refractivity (Wildman–Crippen MR) is 72.5 cm³/mol. The van der Waals surface area contributed by atoms with Crippen LogP contribution < -0.4 is 5.73 Å². The van der Waals surface area contributed by atoms with Crippen molar-refractivity contribution in [3.63, 3.8) is 0 Å². The molecule has 1 aromatic rings. The van der Waals surface area contributed by atoms with Crippen LogP contribution in [0.15, 0.2) is 24.3 Å². The standard InChI is InChI=1S/C13H21NO2S/c1-11-6-3-4-7-12(11)13(14)10-17(15)9-5-8-16-2/h3-4,6-7,13H,5,8-10,14H2,1-2H3. The fourth-order valence-corrected chi connectivity index (χ4v) is 2.93. The summed E-state index contributed by atoms with van der Waals surface area (Å²) in [5.74, 6) is 1.18. The van der Waals surface area contributed by atoms with E-state index in [0.29, 0.717) is 18.1 Å². The minimum Gasteiger partial charge on any atom is -0.385 e. The van der Waals surface area contributed by atoms with E-state index in [9.17, 15) is 4.21 Å². The van der Waals surface area contributed by atoms with Gasteiger partial charge in [-0.2, -0.15) is 0 Å². The highest BCUT2D eigenvalue weighted by Gasteiger charge is 2.11. The molecule has 0 aliphatic rings. The molecule has 17 heavy (non-hydrogen) atoms. The molecule has 0 saturated carbocycles. The zero-order valence-corrected chi connectivity index (χ0v) is 11.3. The van der Waals surface area contributed by atoms with Crippen molar-refractivity contribution in [2.24, 2.45) is 5.73 Å². The van der Waals surface area contributed by atoms with Gasteiger partial charge in [-0.3, -0.25) is 4.21 Å². The third-order valence-corrected chi connectivity index (χ3v) is 4.15. The molecule has 0 aliphatic heterocycles. The molecular formula is C13H21NO2S. The highest BCUT2D eigenvalue weighted by Crippen LogP contribution is 2.16. The molecule has 0 radical (unpaired) electrons. The summed E-state index contributed by atoms with van der Waals surface area (Å²) in [6.45, 7) is 2.69. The number of methoxy groups -OCH3 is 1. The molecule has 0 fully saturated rings. The van der Waals surface area contributed by atoms with E-state index >= 15 is 0 Å². The predicted octanol–water partition coefficient (Wildman–Crippen LogP) is 1.78. The summed E-state index contributed by atoms with van der Waals surface area (Å²) in [5.41, 5.74) is 8.33. The quantitative estimate of drug-likeness (QED) is 0.756. The number of aryl methyl sites for hydroxylation is 1. The Labute approximate surface area is 106 Å². The van der Waals surface area contributed by atoms with Crippen molar-refractivity contribution in [2.45, 2.75) is 19.4 Å². The van der Waals surface area contributed by atoms with Crippen LogP contribution in [0.5, 0.6) is 0 Å². The Kier molecular flexibility index (Phi) is 6.40. The van der Waals surface area contributed by atoms with Crippen molar-refractivity contribution in [1.82, 2.24) is 0 Å². The molecule has 2 N–H and O–H groups in total. The van der Waals surface area contributed by atoms with E-state index in [2.05, 4.69) is 0 Å². The number of hydrogen-bond acceptors (Lipinski definition) is 3. The van der Waals surface area contributed by atoms with Gasteiger partial charge < -0.3 is 10.5 Å². The zero-order valence-electron chi connectivity index (χ0n) is 10.5. The van der Waals surface area contributed by atoms with Crippen molar-refractivity contribution in [3.8, 4) is 0 Å². The summed E-state index contributed by atoms with van der Waals surface area (Å²) in [5, 5.41) is 0. The maximum Gasteiger partial charge on any atom is 0.0471 e. The van der Waals surface area contributed by atoms with Gasteiger partial charge in [-0.25, -0.2) is 0 Å². The summed E-state index contributed by atoms with van der Waals surface area (Å²) >= 11 is 0. The number of rotatable bonds is 7. The summed E-state index contributed by atoms with van der Waals surface area (Å²) in [6.07, 6.45) is 0.823. The smallest absolute Gasteiger partial charge is 0.0471 e. The molecule has 96 valence electrons. The minimum absolute atomic E-state index is 0.139. The normalized spacial score (nSPS) is 14.5. The maximum atomic E-state index is 11.8. The maximum absolute atomic E-state index is 11.8. The molecule has 3 nitrogen and oxygen atoms in total. The molecule has 0 bridgehead atoms. The number of nitrogens with two attached hydrogens (primary N) is 1. The second-order valence-electron chi connectivity index (χ2n) is 4.12. The minimum atomic E-state index is -0.865. The average molecular weight is 255 g/mol. The SMILES string of the molecule is COCCCS(=O)CC(N)c1ccccc1C. The molecule has 0 aliphatic carbocycles. The van der Waals surface area contributed by atoms with Gasteiger partial charge in [0.25, 0.3) is 0 Å². The van der Waals surface area contributed by atoms with Crippen LogP contribution in [0.25, 0.3) is 0 Å². The highest BCUT2D eigenvalue weighted by molar-refractivity contribution is 7.85. The Morgan fingerprint density at radius 3 is 2.76 bits per heavy atom. The van der Waals surface area contributed by atoms with E-state index in [4.69, 9.17) is 10.5 Å². The fraction of sp³-hybridized carbons (Fsp3) is 0.538. The summed E-state index contributed by atoms with van der Waals surface area (Å²) in [4.78, 5) is 0. The summed E-state index contributed by atoms with van der Waals surface area (Å²) < 4.78 is 16.7. The first-order chi connectivity index (χ1) is 8.15. The topological polar surface area (TPSA) is 52.3 Å². The van der Waals surface area contributed by atoms with Gasteiger partial charge in [-0.05, 0) is 24.5 Å². The largest absolute Gasteiger partial charge is 0.385 e. The molecule has 0 saturated heterocycles. The van der Waals surface area contributed by atoms with Crippen molar-refractivity contribution in [2.75, 3.05) is 25.2 Å². The van der Waals surface area contributed by atoms with Crippen molar-refractivity contribution in [1.29, 1.82) is 0 Å². The summed E-state index contributed by atoms with van der Waals surface area (Å²) in [7, 11) is 0.789. The van der Waals surface area contributed by atoms with Crippen LogP contribution in [0.4, 0.5) is 0 Å². The molecule has 0 spiro atoms. The molecule has 0 amide bonds. The van der Waals surface area contributed by atoms with Gasteiger partial charge in [-0.1, -0.05) is 24.3 Å². The van der Waals surface area contributed by atoms with E-state index in [1.807, 2.05) is 31.2 Å². The van der Waals surface area contributed by atoms with Gasteiger partial charge >= 0.3 is 0 Å². The van der Waals surface area contributed by atoms with Gasteiger partial charge in [0.2, 0.25) is 0 Å². The molecule has 0 aromatic heterocycles. The third kappa shape index (κ3) is 4.98. The lowest BCUT2D eigenvalue weighted by atomic mass is 10.0. The molecule has 0 heterocycles.